The Morgan fingerprint density at radius 3 is 2.57 bits per heavy atom. The van der Waals surface area contributed by atoms with Crippen LogP contribution in [0.25, 0.3) is 0 Å². The van der Waals surface area contributed by atoms with Crippen molar-refractivity contribution in [3.8, 4) is 11.8 Å². The molecule has 0 spiro atoms. The fourth-order valence-corrected chi connectivity index (χ4v) is 1.64. The normalized spacial score (nSPS) is 14.3. The van der Waals surface area contributed by atoms with E-state index in [1.54, 1.807) is 0 Å². The highest BCUT2D eigenvalue weighted by molar-refractivity contribution is 4.94. The van der Waals surface area contributed by atoms with Crippen molar-refractivity contribution < 1.29 is 0 Å². The van der Waals surface area contributed by atoms with E-state index in [0.717, 1.165) is 18.9 Å². The average molecular weight is 195 g/mol. The zero-order chi connectivity index (χ0) is 10.8. The third-order valence-corrected chi connectivity index (χ3v) is 2.44. The fraction of sp³-hybridized carbons (Fsp3) is 0.846. The van der Waals surface area contributed by atoms with E-state index in [-0.39, 0.29) is 0 Å². The molecular weight excluding hydrogens is 170 g/mol. The Labute approximate surface area is 89.7 Å². The first-order chi connectivity index (χ1) is 6.70. The minimum absolute atomic E-state index is 0.652. The fourth-order valence-electron chi connectivity index (χ4n) is 1.64. The van der Waals surface area contributed by atoms with Crippen LogP contribution in [0.2, 0.25) is 0 Å². The molecule has 1 nitrogen and oxygen atoms in total. The van der Waals surface area contributed by atoms with Gasteiger partial charge in [-0.05, 0) is 45.6 Å². The second kappa shape index (κ2) is 9.09. The largest absolute Gasteiger partial charge is 0.314 e. The maximum Gasteiger partial charge on any atom is 0.00911 e. The van der Waals surface area contributed by atoms with Gasteiger partial charge >= 0.3 is 0 Å². The molecule has 0 aromatic heterocycles. The molecule has 0 saturated carbocycles. The van der Waals surface area contributed by atoms with Crippen molar-refractivity contribution in [3.05, 3.63) is 0 Å². The quantitative estimate of drug-likeness (QED) is 0.615. The zero-order valence-corrected chi connectivity index (χ0v) is 10.2. The molecule has 0 rings (SSSR count). The summed E-state index contributed by atoms with van der Waals surface area (Å²) in [5.74, 6) is 6.86. The third-order valence-electron chi connectivity index (χ3n) is 2.44. The first-order valence-electron chi connectivity index (χ1n) is 5.83. The molecule has 14 heavy (non-hydrogen) atoms. The van der Waals surface area contributed by atoms with Crippen LogP contribution in [0.4, 0.5) is 0 Å². The molecule has 82 valence electrons. The van der Waals surface area contributed by atoms with Gasteiger partial charge in [-0.1, -0.05) is 13.8 Å². The Morgan fingerprint density at radius 2 is 2.00 bits per heavy atom. The summed E-state index contributed by atoms with van der Waals surface area (Å²) < 4.78 is 0. The summed E-state index contributed by atoms with van der Waals surface area (Å²) in [7, 11) is 0. The minimum Gasteiger partial charge on any atom is -0.314 e. The van der Waals surface area contributed by atoms with Gasteiger partial charge < -0.3 is 5.32 Å². The topological polar surface area (TPSA) is 12.0 Å². The predicted molar refractivity (Wildman–Crippen MR) is 64.2 cm³/mol. The standard InChI is InChI=1S/C13H25N/c1-5-7-8-9-12(3)11-13(4)14-10-6-2/h12-14H,6,8-11H2,1-4H3. The summed E-state index contributed by atoms with van der Waals surface area (Å²) in [5, 5.41) is 3.52. The van der Waals surface area contributed by atoms with Gasteiger partial charge in [-0.3, -0.25) is 0 Å². The lowest BCUT2D eigenvalue weighted by molar-refractivity contribution is 0.406. The van der Waals surface area contributed by atoms with Crippen LogP contribution < -0.4 is 5.32 Å². The molecular formula is C13H25N. The first kappa shape index (κ1) is 13.5. The van der Waals surface area contributed by atoms with Crippen LogP contribution in [0.3, 0.4) is 0 Å². The van der Waals surface area contributed by atoms with E-state index >= 15 is 0 Å². The summed E-state index contributed by atoms with van der Waals surface area (Å²) in [6.07, 6.45) is 4.78. The molecule has 2 unspecified atom stereocenters. The second-order valence-corrected chi connectivity index (χ2v) is 4.16. The molecule has 0 radical (unpaired) electrons. The summed E-state index contributed by atoms with van der Waals surface area (Å²) in [5.41, 5.74) is 0. The van der Waals surface area contributed by atoms with Gasteiger partial charge in [-0.25, -0.2) is 0 Å². The summed E-state index contributed by atoms with van der Waals surface area (Å²) in [6.45, 7) is 9.86. The van der Waals surface area contributed by atoms with E-state index in [1.807, 2.05) is 6.92 Å². The van der Waals surface area contributed by atoms with Crippen molar-refractivity contribution in [3.63, 3.8) is 0 Å². The Bertz CT molecular complexity index is 175. The molecule has 0 aliphatic rings. The average Bonchev–Trinajstić information content (AvgIpc) is 2.15. The van der Waals surface area contributed by atoms with E-state index < -0.39 is 0 Å². The summed E-state index contributed by atoms with van der Waals surface area (Å²) in [4.78, 5) is 0. The molecule has 1 heteroatoms. The van der Waals surface area contributed by atoms with Gasteiger partial charge in [0.1, 0.15) is 0 Å². The van der Waals surface area contributed by atoms with Gasteiger partial charge in [0.2, 0.25) is 0 Å². The van der Waals surface area contributed by atoms with Crippen LogP contribution in [0.5, 0.6) is 0 Å². The molecule has 0 aliphatic heterocycles. The van der Waals surface area contributed by atoms with Gasteiger partial charge in [0.25, 0.3) is 0 Å². The van der Waals surface area contributed by atoms with Crippen molar-refractivity contribution in [1.82, 2.24) is 5.32 Å². The molecule has 0 saturated heterocycles. The van der Waals surface area contributed by atoms with Gasteiger partial charge in [-0.15, -0.1) is 11.8 Å². The Morgan fingerprint density at radius 1 is 1.29 bits per heavy atom. The molecule has 0 bridgehead atoms. The molecule has 0 amide bonds. The van der Waals surface area contributed by atoms with E-state index in [4.69, 9.17) is 0 Å². The molecule has 0 heterocycles. The van der Waals surface area contributed by atoms with Crippen molar-refractivity contribution in [2.24, 2.45) is 5.92 Å². The molecule has 0 aromatic rings. The predicted octanol–water partition coefficient (Wildman–Crippen LogP) is 3.20. The van der Waals surface area contributed by atoms with Crippen LogP contribution in [0.15, 0.2) is 0 Å². The van der Waals surface area contributed by atoms with E-state index in [9.17, 15) is 0 Å². The van der Waals surface area contributed by atoms with Crippen LogP contribution in [0, 0.1) is 17.8 Å². The third kappa shape index (κ3) is 8.13. The van der Waals surface area contributed by atoms with Crippen molar-refractivity contribution >= 4 is 0 Å². The lowest BCUT2D eigenvalue weighted by atomic mass is 9.98. The number of hydrogen-bond acceptors (Lipinski definition) is 1. The monoisotopic (exact) mass is 195 g/mol. The van der Waals surface area contributed by atoms with Crippen molar-refractivity contribution in [2.45, 2.75) is 59.4 Å². The van der Waals surface area contributed by atoms with Gasteiger partial charge in [0, 0.05) is 12.5 Å². The van der Waals surface area contributed by atoms with E-state index in [0.29, 0.717) is 6.04 Å². The highest BCUT2D eigenvalue weighted by atomic mass is 14.9. The lowest BCUT2D eigenvalue weighted by Gasteiger charge is -2.17. The molecule has 1 N–H and O–H groups in total. The number of hydrogen-bond donors (Lipinski definition) is 1. The van der Waals surface area contributed by atoms with Gasteiger partial charge in [-0.2, -0.15) is 0 Å². The highest BCUT2D eigenvalue weighted by Gasteiger charge is 2.06. The minimum atomic E-state index is 0.652. The summed E-state index contributed by atoms with van der Waals surface area (Å²) >= 11 is 0. The second-order valence-electron chi connectivity index (χ2n) is 4.16. The van der Waals surface area contributed by atoms with Crippen LogP contribution in [-0.2, 0) is 0 Å². The van der Waals surface area contributed by atoms with E-state index in [1.165, 1.54) is 19.3 Å². The lowest BCUT2D eigenvalue weighted by Crippen LogP contribution is -2.28. The van der Waals surface area contributed by atoms with Crippen LogP contribution >= 0.6 is 0 Å². The summed E-state index contributed by atoms with van der Waals surface area (Å²) in [6, 6.07) is 0.652. The molecule has 0 fully saturated rings. The Balaban J connectivity index is 3.47. The van der Waals surface area contributed by atoms with Crippen molar-refractivity contribution in [2.75, 3.05) is 6.54 Å². The highest BCUT2D eigenvalue weighted by Crippen LogP contribution is 2.12. The Kier molecular flexibility index (Phi) is 8.78. The number of rotatable bonds is 7. The van der Waals surface area contributed by atoms with Crippen LogP contribution in [-0.4, -0.2) is 12.6 Å². The van der Waals surface area contributed by atoms with E-state index in [2.05, 4.69) is 37.9 Å². The maximum absolute atomic E-state index is 3.52. The number of nitrogens with one attached hydrogen (secondary N) is 1. The first-order valence-corrected chi connectivity index (χ1v) is 5.83. The van der Waals surface area contributed by atoms with Gasteiger partial charge in [0.15, 0.2) is 0 Å². The molecule has 0 aliphatic carbocycles. The smallest absolute Gasteiger partial charge is 0.00911 e. The SMILES string of the molecule is CC#CCCC(C)CC(C)NCCC. The maximum atomic E-state index is 3.52. The Hall–Kier alpha value is -0.480. The van der Waals surface area contributed by atoms with Gasteiger partial charge in [0.05, 0.1) is 0 Å². The molecule has 2 atom stereocenters. The molecule has 0 aromatic carbocycles. The zero-order valence-electron chi connectivity index (χ0n) is 10.2. The van der Waals surface area contributed by atoms with Crippen LogP contribution in [0.1, 0.15) is 53.4 Å². The van der Waals surface area contributed by atoms with Crippen molar-refractivity contribution in [1.29, 1.82) is 0 Å².